The Morgan fingerprint density at radius 3 is 2.26 bits per heavy atom. The monoisotopic (exact) mass is 322 g/mol. The normalized spacial score (nSPS) is 11.0. The number of hydrogen-bond donors (Lipinski definition) is 0. The Morgan fingerprint density at radius 1 is 0.826 bits per heavy atom. The van der Waals surface area contributed by atoms with Crippen LogP contribution in [-0.4, -0.2) is 9.55 Å². The van der Waals surface area contributed by atoms with Crippen LogP contribution in [-0.2, 0) is 0 Å². The zero-order valence-corrected chi connectivity index (χ0v) is 12.8. The third kappa shape index (κ3) is 2.49. The smallest absolute Gasteiger partial charge is 0.145 e. The fraction of sp³-hybridized carbons (Fsp3) is 0. The van der Waals surface area contributed by atoms with Crippen molar-refractivity contribution in [2.75, 3.05) is 0 Å². The quantitative estimate of drug-likeness (QED) is 0.477. The first kappa shape index (κ1) is 14.0. The zero-order valence-electron chi connectivity index (χ0n) is 12.1. The van der Waals surface area contributed by atoms with Crippen molar-refractivity contribution in [2.45, 2.75) is 0 Å². The maximum absolute atomic E-state index is 13.3. The SMILES string of the molecule is Fc1ccc(-n2c(-c3ccc(Cl)cc3)nc3ccccc32)cc1. The first-order valence-corrected chi connectivity index (χ1v) is 7.59. The molecule has 3 aromatic carbocycles. The van der Waals surface area contributed by atoms with E-state index >= 15 is 0 Å². The maximum Gasteiger partial charge on any atom is 0.145 e. The highest BCUT2D eigenvalue weighted by molar-refractivity contribution is 6.30. The molecular weight excluding hydrogens is 311 g/mol. The number of hydrogen-bond acceptors (Lipinski definition) is 1. The molecule has 2 nitrogen and oxygen atoms in total. The van der Waals surface area contributed by atoms with Gasteiger partial charge in [0.15, 0.2) is 0 Å². The highest BCUT2D eigenvalue weighted by Crippen LogP contribution is 2.29. The number of aromatic nitrogens is 2. The summed E-state index contributed by atoms with van der Waals surface area (Å²) in [7, 11) is 0. The minimum absolute atomic E-state index is 0.258. The van der Waals surface area contributed by atoms with Crippen LogP contribution in [0.1, 0.15) is 0 Å². The summed E-state index contributed by atoms with van der Waals surface area (Å²) >= 11 is 5.98. The highest BCUT2D eigenvalue weighted by Gasteiger charge is 2.13. The zero-order chi connectivity index (χ0) is 15.8. The van der Waals surface area contributed by atoms with Crippen LogP contribution in [0, 0.1) is 5.82 Å². The second-order valence-electron chi connectivity index (χ2n) is 5.24. The van der Waals surface area contributed by atoms with E-state index in [2.05, 4.69) is 0 Å². The molecule has 0 amide bonds. The summed E-state index contributed by atoms with van der Waals surface area (Å²) in [5.74, 6) is 0.542. The van der Waals surface area contributed by atoms with Crippen molar-refractivity contribution >= 4 is 22.6 Å². The molecule has 23 heavy (non-hydrogen) atoms. The van der Waals surface area contributed by atoms with Gasteiger partial charge in [-0.05, 0) is 60.7 Å². The van der Waals surface area contributed by atoms with Gasteiger partial charge in [-0.25, -0.2) is 9.37 Å². The molecule has 4 rings (SSSR count). The average molecular weight is 323 g/mol. The predicted octanol–water partition coefficient (Wildman–Crippen LogP) is 5.49. The molecule has 0 N–H and O–H groups in total. The lowest BCUT2D eigenvalue weighted by atomic mass is 10.2. The molecular formula is C19H12ClFN2. The Kier molecular flexibility index (Phi) is 3.36. The number of benzene rings is 3. The lowest BCUT2D eigenvalue weighted by molar-refractivity contribution is 0.627. The van der Waals surface area contributed by atoms with Crippen molar-refractivity contribution in [3.05, 3.63) is 83.6 Å². The largest absolute Gasteiger partial charge is 0.292 e. The Labute approximate surface area is 137 Å². The maximum atomic E-state index is 13.3. The van der Waals surface area contributed by atoms with Gasteiger partial charge >= 0.3 is 0 Å². The molecule has 0 aliphatic carbocycles. The molecule has 4 aromatic rings. The van der Waals surface area contributed by atoms with E-state index in [9.17, 15) is 4.39 Å². The second-order valence-corrected chi connectivity index (χ2v) is 5.68. The fourth-order valence-electron chi connectivity index (χ4n) is 2.67. The Hall–Kier alpha value is -2.65. The van der Waals surface area contributed by atoms with Crippen LogP contribution < -0.4 is 0 Å². The molecule has 0 saturated carbocycles. The average Bonchev–Trinajstić information content (AvgIpc) is 2.96. The Bertz CT molecular complexity index is 973. The molecule has 0 radical (unpaired) electrons. The van der Waals surface area contributed by atoms with Crippen LogP contribution in [0.25, 0.3) is 28.1 Å². The minimum atomic E-state index is -0.258. The van der Waals surface area contributed by atoms with Crippen LogP contribution in [0.4, 0.5) is 4.39 Å². The van der Waals surface area contributed by atoms with Gasteiger partial charge in [0.2, 0.25) is 0 Å². The van der Waals surface area contributed by atoms with Gasteiger partial charge in [-0.2, -0.15) is 0 Å². The van der Waals surface area contributed by atoms with E-state index in [0.717, 1.165) is 28.1 Å². The first-order chi connectivity index (χ1) is 11.2. The summed E-state index contributed by atoms with van der Waals surface area (Å²) in [6.45, 7) is 0. The first-order valence-electron chi connectivity index (χ1n) is 7.22. The van der Waals surface area contributed by atoms with E-state index in [1.807, 2.05) is 53.1 Å². The Balaban J connectivity index is 2.01. The van der Waals surface area contributed by atoms with Gasteiger partial charge in [0.25, 0.3) is 0 Å². The van der Waals surface area contributed by atoms with Gasteiger partial charge in [0.05, 0.1) is 11.0 Å². The molecule has 0 unspecified atom stereocenters. The summed E-state index contributed by atoms with van der Waals surface area (Å²) in [6.07, 6.45) is 0. The van der Waals surface area contributed by atoms with Gasteiger partial charge in [-0.15, -0.1) is 0 Å². The van der Waals surface area contributed by atoms with Gasteiger partial charge in [0, 0.05) is 16.3 Å². The van der Waals surface area contributed by atoms with Gasteiger partial charge in [0.1, 0.15) is 11.6 Å². The van der Waals surface area contributed by atoms with E-state index in [4.69, 9.17) is 16.6 Å². The molecule has 0 bridgehead atoms. The standard InChI is InChI=1S/C19H12ClFN2/c20-14-7-5-13(6-8-14)19-22-17-3-1-2-4-18(17)23(19)16-11-9-15(21)10-12-16/h1-12H. The fourth-order valence-corrected chi connectivity index (χ4v) is 2.80. The van der Waals surface area contributed by atoms with Crippen molar-refractivity contribution in [1.29, 1.82) is 0 Å². The molecule has 0 aliphatic heterocycles. The summed E-state index contributed by atoms with van der Waals surface area (Å²) in [5.41, 5.74) is 3.69. The number of halogens is 2. The van der Waals surface area contributed by atoms with E-state index in [0.29, 0.717) is 5.02 Å². The number of fused-ring (bicyclic) bond motifs is 1. The lowest BCUT2D eigenvalue weighted by Crippen LogP contribution is -1.97. The van der Waals surface area contributed by atoms with Crippen LogP contribution in [0.5, 0.6) is 0 Å². The van der Waals surface area contributed by atoms with E-state index in [1.54, 1.807) is 12.1 Å². The molecule has 112 valence electrons. The van der Waals surface area contributed by atoms with Crippen molar-refractivity contribution < 1.29 is 4.39 Å². The third-order valence-electron chi connectivity index (χ3n) is 3.75. The molecule has 0 fully saturated rings. The van der Waals surface area contributed by atoms with Gasteiger partial charge in [-0.1, -0.05) is 23.7 Å². The minimum Gasteiger partial charge on any atom is -0.292 e. The van der Waals surface area contributed by atoms with Crippen molar-refractivity contribution in [3.8, 4) is 17.1 Å². The summed E-state index contributed by atoms with van der Waals surface area (Å²) in [6, 6.07) is 21.9. The molecule has 1 heterocycles. The molecule has 4 heteroatoms. The lowest BCUT2D eigenvalue weighted by Gasteiger charge is -2.09. The Morgan fingerprint density at radius 2 is 1.52 bits per heavy atom. The molecule has 0 aliphatic rings. The van der Waals surface area contributed by atoms with Gasteiger partial charge < -0.3 is 0 Å². The predicted molar refractivity (Wildman–Crippen MR) is 91.5 cm³/mol. The van der Waals surface area contributed by atoms with E-state index in [-0.39, 0.29) is 5.82 Å². The number of para-hydroxylation sites is 2. The van der Waals surface area contributed by atoms with Gasteiger partial charge in [-0.3, -0.25) is 4.57 Å². The van der Waals surface area contributed by atoms with Crippen LogP contribution >= 0.6 is 11.6 Å². The second kappa shape index (κ2) is 5.52. The van der Waals surface area contributed by atoms with E-state index < -0.39 is 0 Å². The summed E-state index contributed by atoms with van der Waals surface area (Å²) < 4.78 is 15.3. The third-order valence-corrected chi connectivity index (χ3v) is 4.00. The van der Waals surface area contributed by atoms with E-state index in [1.165, 1.54) is 12.1 Å². The van der Waals surface area contributed by atoms with Crippen LogP contribution in [0.15, 0.2) is 72.8 Å². The molecule has 0 spiro atoms. The highest BCUT2D eigenvalue weighted by atomic mass is 35.5. The van der Waals surface area contributed by atoms with Crippen molar-refractivity contribution in [3.63, 3.8) is 0 Å². The van der Waals surface area contributed by atoms with Crippen molar-refractivity contribution in [2.24, 2.45) is 0 Å². The number of nitrogens with zero attached hydrogens (tertiary/aromatic N) is 2. The van der Waals surface area contributed by atoms with Crippen LogP contribution in [0.3, 0.4) is 0 Å². The number of imidazole rings is 1. The molecule has 0 atom stereocenters. The molecule has 1 aromatic heterocycles. The van der Waals surface area contributed by atoms with Crippen molar-refractivity contribution in [1.82, 2.24) is 9.55 Å². The summed E-state index contributed by atoms with van der Waals surface area (Å²) in [5, 5.41) is 0.679. The number of rotatable bonds is 2. The van der Waals surface area contributed by atoms with Crippen LogP contribution in [0.2, 0.25) is 5.02 Å². The topological polar surface area (TPSA) is 17.8 Å². The molecule has 0 saturated heterocycles. The summed E-state index contributed by atoms with van der Waals surface area (Å²) in [4.78, 5) is 4.74.